The molecular weight excluding hydrogens is 376 g/mol. The van der Waals surface area contributed by atoms with E-state index in [0.29, 0.717) is 23.1 Å². The van der Waals surface area contributed by atoms with Crippen LogP contribution in [-0.2, 0) is 18.0 Å². The second-order valence-electron chi connectivity index (χ2n) is 8.54. The van der Waals surface area contributed by atoms with Gasteiger partial charge in [0.05, 0.1) is 5.56 Å². The Balaban J connectivity index is 2.07. The van der Waals surface area contributed by atoms with Crippen LogP contribution in [0.1, 0.15) is 57.2 Å². The molecule has 5 heteroatoms. The zero-order valence-electron chi connectivity index (χ0n) is 16.1. The van der Waals surface area contributed by atoms with Crippen molar-refractivity contribution in [2.75, 3.05) is 0 Å². The van der Waals surface area contributed by atoms with Crippen LogP contribution in [-0.4, -0.2) is 0 Å². The third-order valence-electron chi connectivity index (χ3n) is 5.10. The fraction of sp³-hybridized carbons (Fsp3) is 0.455. The van der Waals surface area contributed by atoms with Gasteiger partial charge in [-0.05, 0) is 65.5 Å². The van der Waals surface area contributed by atoms with Crippen LogP contribution < -0.4 is 0 Å². The van der Waals surface area contributed by atoms with E-state index in [4.69, 9.17) is 11.6 Å². The lowest BCUT2D eigenvalue weighted by Crippen LogP contribution is -2.23. The number of hydrogen-bond donors (Lipinski definition) is 0. The van der Waals surface area contributed by atoms with Crippen LogP contribution in [0, 0.1) is 11.2 Å². The van der Waals surface area contributed by atoms with Gasteiger partial charge < -0.3 is 0 Å². The molecule has 0 aliphatic carbocycles. The Labute approximate surface area is 163 Å². The molecule has 0 heterocycles. The van der Waals surface area contributed by atoms with Gasteiger partial charge in [0, 0.05) is 5.02 Å². The number of hydrogen-bond acceptors (Lipinski definition) is 0. The van der Waals surface area contributed by atoms with E-state index >= 15 is 0 Å². The highest BCUT2D eigenvalue weighted by Gasteiger charge is 2.32. The van der Waals surface area contributed by atoms with E-state index in [9.17, 15) is 17.6 Å². The van der Waals surface area contributed by atoms with E-state index in [2.05, 4.69) is 13.8 Å². The molecule has 148 valence electrons. The molecule has 2 aromatic rings. The fourth-order valence-electron chi connectivity index (χ4n) is 3.17. The van der Waals surface area contributed by atoms with Crippen LogP contribution in [0.4, 0.5) is 17.6 Å². The van der Waals surface area contributed by atoms with Gasteiger partial charge in [-0.2, -0.15) is 13.2 Å². The summed E-state index contributed by atoms with van der Waals surface area (Å²) in [5.41, 5.74) is 0.205. The fourth-order valence-corrected chi connectivity index (χ4v) is 3.29. The Bertz CT molecular complexity index is 774. The summed E-state index contributed by atoms with van der Waals surface area (Å²) < 4.78 is 52.3. The first kappa shape index (κ1) is 21.7. The van der Waals surface area contributed by atoms with Gasteiger partial charge in [-0.15, -0.1) is 0 Å². The first-order chi connectivity index (χ1) is 12.3. The molecule has 0 spiro atoms. The van der Waals surface area contributed by atoms with Gasteiger partial charge in [0.2, 0.25) is 0 Å². The lowest BCUT2D eigenvalue weighted by Gasteiger charge is -2.32. The van der Waals surface area contributed by atoms with Crippen LogP contribution in [0.25, 0.3) is 0 Å². The summed E-state index contributed by atoms with van der Waals surface area (Å²) in [5.74, 6) is -0.796. The molecule has 0 aliphatic rings. The zero-order valence-corrected chi connectivity index (χ0v) is 16.8. The highest BCUT2D eigenvalue weighted by molar-refractivity contribution is 6.30. The zero-order chi connectivity index (χ0) is 20.5. The van der Waals surface area contributed by atoms with Crippen LogP contribution >= 0.6 is 11.6 Å². The molecule has 0 amide bonds. The average molecular weight is 401 g/mol. The van der Waals surface area contributed by atoms with Gasteiger partial charge >= 0.3 is 6.18 Å². The Morgan fingerprint density at radius 1 is 0.815 bits per heavy atom. The minimum absolute atomic E-state index is 0.0828. The number of alkyl halides is 3. The molecule has 0 unspecified atom stereocenters. The molecule has 0 bridgehead atoms. The van der Waals surface area contributed by atoms with Crippen molar-refractivity contribution in [3.05, 3.63) is 70.0 Å². The highest BCUT2D eigenvalue weighted by atomic mass is 35.5. The lowest BCUT2D eigenvalue weighted by molar-refractivity contribution is -0.137. The molecular formula is C22H25ClF4. The molecule has 0 atom stereocenters. The van der Waals surface area contributed by atoms with Gasteiger partial charge in [0.25, 0.3) is 0 Å². The molecule has 0 nitrogen and oxygen atoms in total. The molecule has 0 N–H and O–H groups in total. The van der Waals surface area contributed by atoms with E-state index in [1.54, 1.807) is 0 Å². The first-order valence-corrected chi connectivity index (χ1v) is 9.30. The molecule has 0 saturated carbocycles. The van der Waals surface area contributed by atoms with Crippen molar-refractivity contribution in [2.24, 2.45) is 5.41 Å². The van der Waals surface area contributed by atoms with Crippen LogP contribution in [0.5, 0.6) is 0 Å². The van der Waals surface area contributed by atoms with Crippen LogP contribution in [0.3, 0.4) is 0 Å². The number of benzene rings is 2. The predicted molar refractivity (Wildman–Crippen MR) is 103 cm³/mol. The van der Waals surface area contributed by atoms with Crippen molar-refractivity contribution in [2.45, 2.75) is 58.5 Å². The van der Waals surface area contributed by atoms with E-state index in [1.165, 1.54) is 11.6 Å². The van der Waals surface area contributed by atoms with Gasteiger partial charge in [-0.1, -0.05) is 57.5 Å². The number of rotatable bonds is 6. The lowest BCUT2D eigenvalue weighted by atomic mass is 9.73. The summed E-state index contributed by atoms with van der Waals surface area (Å²) in [6.45, 7) is 8.32. The van der Waals surface area contributed by atoms with Crippen molar-refractivity contribution in [1.29, 1.82) is 0 Å². The Morgan fingerprint density at radius 3 is 1.89 bits per heavy atom. The molecule has 0 saturated heterocycles. The minimum atomic E-state index is -4.53. The Hall–Kier alpha value is -1.55. The SMILES string of the molecule is CC(C)(CCC(C)(C)c1ccc(Cl)cc1)Cc1ccc(C(F)(F)F)cc1F. The van der Waals surface area contributed by atoms with Crippen LogP contribution in [0.2, 0.25) is 5.02 Å². The smallest absolute Gasteiger partial charge is 0.207 e. The van der Waals surface area contributed by atoms with E-state index in [-0.39, 0.29) is 10.8 Å². The standard InChI is InChI=1S/C22H25ClF4/c1-20(2,11-12-21(3,4)16-7-9-18(23)10-8-16)14-15-5-6-17(13-19(15)24)22(25,26)27/h5-10,13H,11-12,14H2,1-4H3. The van der Waals surface area contributed by atoms with E-state index in [1.807, 2.05) is 38.1 Å². The number of halogens is 5. The Kier molecular flexibility index (Phi) is 6.30. The average Bonchev–Trinajstić information content (AvgIpc) is 2.54. The summed E-state index contributed by atoms with van der Waals surface area (Å²) in [6, 6.07) is 10.5. The maximum Gasteiger partial charge on any atom is 0.416 e. The van der Waals surface area contributed by atoms with Gasteiger partial charge in [-0.25, -0.2) is 4.39 Å². The molecule has 0 aromatic heterocycles. The van der Waals surface area contributed by atoms with Crippen molar-refractivity contribution >= 4 is 11.6 Å². The predicted octanol–water partition coefficient (Wildman–Crippen LogP) is 7.82. The maximum absolute atomic E-state index is 14.2. The molecule has 0 fully saturated rings. The summed E-state index contributed by atoms with van der Waals surface area (Å²) in [6.07, 6.45) is -2.47. The summed E-state index contributed by atoms with van der Waals surface area (Å²) in [4.78, 5) is 0. The quantitative estimate of drug-likeness (QED) is 0.433. The maximum atomic E-state index is 14.2. The van der Waals surface area contributed by atoms with Crippen molar-refractivity contribution < 1.29 is 17.6 Å². The van der Waals surface area contributed by atoms with Gasteiger partial charge in [0.15, 0.2) is 0 Å². The monoisotopic (exact) mass is 400 g/mol. The van der Waals surface area contributed by atoms with Gasteiger partial charge in [0.1, 0.15) is 5.82 Å². The third kappa shape index (κ3) is 5.97. The molecule has 27 heavy (non-hydrogen) atoms. The summed E-state index contributed by atoms with van der Waals surface area (Å²) in [5, 5.41) is 0.688. The van der Waals surface area contributed by atoms with E-state index < -0.39 is 17.6 Å². The summed E-state index contributed by atoms with van der Waals surface area (Å²) >= 11 is 5.95. The largest absolute Gasteiger partial charge is 0.416 e. The van der Waals surface area contributed by atoms with E-state index in [0.717, 1.165) is 18.9 Å². The van der Waals surface area contributed by atoms with Crippen molar-refractivity contribution in [3.63, 3.8) is 0 Å². The normalized spacial score (nSPS) is 13.1. The molecule has 2 rings (SSSR count). The molecule has 2 aromatic carbocycles. The first-order valence-electron chi connectivity index (χ1n) is 8.92. The Morgan fingerprint density at radius 2 is 1.37 bits per heavy atom. The summed E-state index contributed by atoms with van der Waals surface area (Å²) in [7, 11) is 0. The highest BCUT2D eigenvalue weighted by Crippen LogP contribution is 2.37. The molecule has 0 aliphatic heterocycles. The van der Waals surface area contributed by atoms with Crippen molar-refractivity contribution in [1.82, 2.24) is 0 Å². The second kappa shape index (κ2) is 7.83. The van der Waals surface area contributed by atoms with Crippen LogP contribution in [0.15, 0.2) is 42.5 Å². The second-order valence-corrected chi connectivity index (χ2v) is 8.97. The minimum Gasteiger partial charge on any atom is -0.207 e. The van der Waals surface area contributed by atoms with Crippen molar-refractivity contribution in [3.8, 4) is 0 Å². The molecule has 0 radical (unpaired) electrons. The topological polar surface area (TPSA) is 0 Å². The third-order valence-corrected chi connectivity index (χ3v) is 5.35. The van der Waals surface area contributed by atoms with Gasteiger partial charge in [-0.3, -0.25) is 0 Å².